The molecule has 13 heteroatoms. The molecule has 52 heavy (non-hydrogen) atoms. The van der Waals surface area contributed by atoms with E-state index < -0.39 is 63.0 Å². The predicted molar refractivity (Wildman–Crippen MR) is 201 cm³/mol. The second-order valence-corrected chi connectivity index (χ2v) is 16.4. The molecule has 2 aromatic heterocycles. The maximum atomic E-state index is 13.9. The van der Waals surface area contributed by atoms with Crippen LogP contribution in [0.3, 0.4) is 0 Å². The molecule has 0 saturated carbocycles. The minimum Gasteiger partial charge on any atom is -0.391 e. The Morgan fingerprint density at radius 3 is 2.17 bits per heavy atom. The summed E-state index contributed by atoms with van der Waals surface area (Å²) in [6, 6.07) is 20.7. The number of hydrogen-bond acceptors (Lipinski definition) is 9. The van der Waals surface area contributed by atoms with Crippen LogP contribution in [0.5, 0.6) is 0 Å². The third-order valence-electron chi connectivity index (χ3n) is 8.51. The Hall–Kier alpha value is -5.01. The fourth-order valence-corrected chi connectivity index (χ4v) is 7.05. The summed E-state index contributed by atoms with van der Waals surface area (Å²) in [6.45, 7) is 8.91. The van der Waals surface area contributed by atoms with Gasteiger partial charge in [-0.15, -0.1) is 0 Å². The van der Waals surface area contributed by atoms with Crippen LogP contribution < -0.4 is 16.0 Å². The summed E-state index contributed by atoms with van der Waals surface area (Å²) in [6.07, 6.45) is 1.05. The molecule has 0 saturated heterocycles. The van der Waals surface area contributed by atoms with Crippen LogP contribution in [0.2, 0.25) is 0 Å². The first-order valence-corrected chi connectivity index (χ1v) is 18.9. The molecule has 0 fully saturated rings. The smallest absolute Gasteiger partial charge is 0.270 e. The minimum absolute atomic E-state index is 0.0536. The number of aliphatic hydroxyl groups excluding tert-OH is 1. The molecular formula is C39H48N6O6S. The number of para-hydroxylation sites is 1. The topological polar surface area (TPSA) is 191 Å². The molecule has 0 aliphatic rings. The van der Waals surface area contributed by atoms with Gasteiger partial charge in [0.1, 0.15) is 11.7 Å². The third kappa shape index (κ3) is 11.2. The molecule has 2 unspecified atom stereocenters. The number of carbonyl (C=O) groups is 3. The molecule has 2 heterocycles. The van der Waals surface area contributed by atoms with E-state index in [9.17, 15) is 27.9 Å². The van der Waals surface area contributed by atoms with Gasteiger partial charge in [-0.05, 0) is 69.4 Å². The van der Waals surface area contributed by atoms with E-state index in [2.05, 4.69) is 25.9 Å². The summed E-state index contributed by atoms with van der Waals surface area (Å²) in [5.74, 6) is -3.54. The van der Waals surface area contributed by atoms with Crippen LogP contribution in [0.4, 0.5) is 0 Å². The van der Waals surface area contributed by atoms with Gasteiger partial charge in [-0.1, -0.05) is 68.4 Å². The lowest BCUT2D eigenvalue weighted by atomic mass is 9.90. The number of sulfone groups is 1. The minimum atomic E-state index is -3.80. The van der Waals surface area contributed by atoms with Crippen molar-refractivity contribution in [3.8, 4) is 0 Å². The molecule has 0 aliphatic heterocycles. The van der Waals surface area contributed by atoms with Crippen molar-refractivity contribution in [1.29, 1.82) is 5.41 Å². The summed E-state index contributed by atoms with van der Waals surface area (Å²) >= 11 is 0. The lowest BCUT2D eigenvalue weighted by Crippen LogP contribution is -2.55. The summed E-state index contributed by atoms with van der Waals surface area (Å²) in [4.78, 5) is 49.0. The van der Waals surface area contributed by atoms with Crippen LogP contribution in [-0.4, -0.2) is 76.4 Å². The highest BCUT2D eigenvalue weighted by Crippen LogP contribution is 2.20. The average Bonchev–Trinajstić information content (AvgIpc) is 3.09. The molecule has 0 spiro atoms. The second-order valence-electron chi connectivity index (χ2n) is 14.3. The Labute approximate surface area is 305 Å². The lowest BCUT2D eigenvalue weighted by Gasteiger charge is -2.30. The lowest BCUT2D eigenvalue weighted by molar-refractivity contribution is -0.126. The zero-order chi connectivity index (χ0) is 38.1. The number of rotatable bonds is 16. The van der Waals surface area contributed by atoms with Gasteiger partial charge in [-0.25, -0.2) is 13.4 Å². The summed E-state index contributed by atoms with van der Waals surface area (Å²) in [7, 11) is -3.80. The van der Waals surface area contributed by atoms with Crippen LogP contribution in [0.1, 0.15) is 63.5 Å². The van der Waals surface area contributed by atoms with Crippen molar-refractivity contribution < 1.29 is 27.9 Å². The van der Waals surface area contributed by atoms with E-state index in [0.29, 0.717) is 5.52 Å². The first-order valence-electron chi connectivity index (χ1n) is 17.2. The van der Waals surface area contributed by atoms with E-state index in [-0.39, 0.29) is 41.5 Å². The van der Waals surface area contributed by atoms with Gasteiger partial charge in [0.05, 0.1) is 34.2 Å². The highest BCUT2D eigenvalue weighted by Gasteiger charge is 2.34. The first-order chi connectivity index (χ1) is 24.5. The molecule has 0 bridgehead atoms. The van der Waals surface area contributed by atoms with Crippen LogP contribution >= 0.6 is 0 Å². The highest BCUT2D eigenvalue weighted by atomic mass is 32.2. The van der Waals surface area contributed by atoms with Gasteiger partial charge in [0, 0.05) is 35.5 Å². The van der Waals surface area contributed by atoms with Crippen LogP contribution in [0, 0.1) is 17.2 Å². The Balaban J connectivity index is 1.54. The van der Waals surface area contributed by atoms with E-state index in [4.69, 9.17) is 5.41 Å². The normalized spacial score (nSPS) is 14.2. The van der Waals surface area contributed by atoms with Gasteiger partial charge in [-0.3, -0.25) is 19.4 Å². The summed E-state index contributed by atoms with van der Waals surface area (Å²) < 4.78 is 26.2. The molecule has 4 atom stereocenters. The molecule has 3 amide bonds. The number of nitrogens with one attached hydrogen (secondary N) is 4. The van der Waals surface area contributed by atoms with Crippen molar-refractivity contribution in [3.05, 3.63) is 103 Å². The van der Waals surface area contributed by atoms with Gasteiger partial charge in [-0.2, -0.15) is 0 Å². The molecule has 4 rings (SSSR count). The fourth-order valence-electron chi connectivity index (χ4n) is 5.73. The number of fused-ring (bicyclic) bond motifs is 1. The van der Waals surface area contributed by atoms with Crippen molar-refractivity contribution in [2.24, 2.45) is 11.8 Å². The number of aliphatic hydroxyl groups is 1. The standard InChI is InChI=1S/C39H48N6O6S/c1-25(2)35(44-37(48)32-16-15-27-13-9-10-14-31(27)42-32)38(49)43-33(23-26-11-7-6-8-12-26)34(46)24-30(40)29(36(47)45-39(3,4)5)19-22-52(50,51)28-17-20-41-21-18-28/h6-18,20-21,25,29,33-35,40,46H,19,22-24H2,1-5H3,(H,43,49)(H,44,48)(H,45,47)/t29-,33?,34?,35-/m0/s1. The van der Waals surface area contributed by atoms with E-state index in [1.807, 2.05) is 48.5 Å². The molecule has 5 N–H and O–H groups in total. The van der Waals surface area contributed by atoms with E-state index in [1.54, 1.807) is 52.8 Å². The number of nitrogens with zero attached hydrogens (tertiary/aromatic N) is 2. The predicted octanol–water partition coefficient (Wildman–Crippen LogP) is 4.28. The molecule has 276 valence electrons. The first kappa shape index (κ1) is 39.8. The number of pyridine rings is 2. The number of carbonyl (C=O) groups excluding carboxylic acids is 3. The van der Waals surface area contributed by atoms with Gasteiger partial charge >= 0.3 is 0 Å². The Bertz CT molecular complexity index is 1970. The molecule has 4 aromatic rings. The van der Waals surface area contributed by atoms with Crippen LogP contribution in [-0.2, 0) is 25.8 Å². The Morgan fingerprint density at radius 1 is 0.865 bits per heavy atom. The number of benzene rings is 2. The van der Waals surface area contributed by atoms with Crippen LogP contribution in [0.25, 0.3) is 10.9 Å². The largest absolute Gasteiger partial charge is 0.391 e. The quantitative estimate of drug-likeness (QED) is 0.106. The van der Waals surface area contributed by atoms with Crippen molar-refractivity contribution in [2.45, 2.75) is 82.5 Å². The number of amides is 3. The number of aromatic nitrogens is 2. The molecular weight excluding hydrogens is 681 g/mol. The zero-order valence-corrected chi connectivity index (χ0v) is 31.0. The van der Waals surface area contributed by atoms with Gasteiger partial charge in [0.15, 0.2) is 9.84 Å². The zero-order valence-electron chi connectivity index (χ0n) is 30.2. The molecule has 0 radical (unpaired) electrons. The Kier molecular flexibility index (Phi) is 13.4. The molecule has 0 aliphatic carbocycles. The van der Waals surface area contributed by atoms with Crippen molar-refractivity contribution >= 4 is 44.2 Å². The maximum Gasteiger partial charge on any atom is 0.270 e. The van der Waals surface area contributed by atoms with E-state index in [0.717, 1.165) is 10.9 Å². The monoisotopic (exact) mass is 728 g/mol. The molecule has 12 nitrogen and oxygen atoms in total. The molecule has 2 aromatic carbocycles. The number of hydrogen-bond donors (Lipinski definition) is 5. The van der Waals surface area contributed by atoms with Crippen molar-refractivity contribution in [2.75, 3.05) is 5.75 Å². The fraction of sp³-hybridized carbons (Fsp3) is 0.385. The van der Waals surface area contributed by atoms with Crippen molar-refractivity contribution in [3.63, 3.8) is 0 Å². The van der Waals surface area contributed by atoms with Gasteiger partial charge < -0.3 is 26.5 Å². The SMILES string of the molecule is CC(C)[C@H](NC(=O)c1ccc2ccccc2n1)C(=O)NC(Cc1ccccc1)C(O)CC(=N)[C@H](CCS(=O)(=O)c1ccncc1)C(=O)NC(C)(C)C. The highest BCUT2D eigenvalue weighted by molar-refractivity contribution is 7.91. The van der Waals surface area contributed by atoms with Crippen molar-refractivity contribution in [1.82, 2.24) is 25.9 Å². The summed E-state index contributed by atoms with van der Waals surface area (Å²) in [5.41, 5.74) is 0.744. The Morgan fingerprint density at radius 2 is 1.52 bits per heavy atom. The average molecular weight is 729 g/mol. The second kappa shape index (κ2) is 17.5. The maximum absolute atomic E-state index is 13.9. The van der Waals surface area contributed by atoms with E-state index >= 15 is 0 Å². The third-order valence-corrected chi connectivity index (χ3v) is 10.3. The summed E-state index contributed by atoms with van der Waals surface area (Å²) in [5, 5.41) is 30.0. The van der Waals surface area contributed by atoms with Crippen LogP contribution in [0.15, 0.2) is 96.2 Å². The van der Waals surface area contributed by atoms with Gasteiger partial charge in [0.2, 0.25) is 11.8 Å². The van der Waals surface area contributed by atoms with E-state index in [1.165, 1.54) is 24.5 Å². The van der Waals surface area contributed by atoms with Gasteiger partial charge in [0.25, 0.3) is 5.91 Å².